The van der Waals surface area contributed by atoms with Crippen LogP contribution in [-0.4, -0.2) is 22.8 Å². The first-order valence-corrected chi connectivity index (χ1v) is 12.4. The Morgan fingerprint density at radius 2 is 1.76 bits per heavy atom. The molecule has 2 amide bonds. The first kappa shape index (κ1) is 24.9. The lowest BCUT2D eigenvalue weighted by Crippen LogP contribution is -2.48. The quantitative estimate of drug-likeness (QED) is 0.568. The summed E-state index contributed by atoms with van der Waals surface area (Å²) in [7, 11) is 0. The van der Waals surface area contributed by atoms with Crippen LogP contribution >= 0.6 is 0 Å². The van der Waals surface area contributed by atoms with Crippen molar-refractivity contribution in [2.45, 2.75) is 90.6 Å². The van der Waals surface area contributed by atoms with Crippen molar-refractivity contribution in [3.63, 3.8) is 0 Å². The largest absolute Gasteiger partial charge is 0.351 e. The standard InChI is InChI=1S/C28H39N3O2/c1-6-20(2)27(33)31(24-16-14-22(15-17-24)28(3,4)5)25(21-11-10-18-29-19-21)26(32)30-23-12-8-7-9-13-23/h10-11,14-20,23,25H,6-9,12-13H2,1-5H3,(H,30,32)/t20-,25?/m0/s1. The van der Waals surface area contributed by atoms with Crippen LogP contribution in [0.5, 0.6) is 0 Å². The highest BCUT2D eigenvalue weighted by Crippen LogP contribution is 2.32. The van der Waals surface area contributed by atoms with Gasteiger partial charge in [0.1, 0.15) is 6.04 Å². The van der Waals surface area contributed by atoms with Crippen LogP contribution in [0.1, 0.15) is 90.3 Å². The Morgan fingerprint density at radius 3 is 2.30 bits per heavy atom. The first-order chi connectivity index (χ1) is 15.7. The summed E-state index contributed by atoms with van der Waals surface area (Å²) < 4.78 is 0. The van der Waals surface area contributed by atoms with Gasteiger partial charge in [0.15, 0.2) is 0 Å². The summed E-state index contributed by atoms with van der Waals surface area (Å²) in [6.07, 6.45) is 9.56. The van der Waals surface area contributed by atoms with E-state index in [2.05, 4.69) is 43.2 Å². The van der Waals surface area contributed by atoms with Crippen molar-refractivity contribution in [2.75, 3.05) is 4.90 Å². The van der Waals surface area contributed by atoms with Crippen LogP contribution in [-0.2, 0) is 15.0 Å². The molecule has 1 fully saturated rings. The fourth-order valence-electron chi connectivity index (χ4n) is 4.42. The molecule has 5 heteroatoms. The van der Waals surface area contributed by atoms with E-state index in [1.807, 2.05) is 38.1 Å². The van der Waals surface area contributed by atoms with Crippen molar-refractivity contribution in [1.82, 2.24) is 10.3 Å². The van der Waals surface area contributed by atoms with E-state index in [-0.39, 0.29) is 29.2 Å². The van der Waals surface area contributed by atoms with Crippen molar-refractivity contribution in [3.05, 3.63) is 59.9 Å². The van der Waals surface area contributed by atoms with E-state index >= 15 is 0 Å². The van der Waals surface area contributed by atoms with Crippen molar-refractivity contribution in [1.29, 1.82) is 0 Å². The van der Waals surface area contributed by atoms with Crippen molar-refractivity contribution < 1.29 is 9.59 Å². The fourth-order valence-corrected chi connectivity index (χ4v) is 4.42. The molecule has 2 atom stereocenters. The van der Waals surface area contributed by atoms with E-state index in [4.69, 9.17) is 0 Å². The van der Waals surface area contributed by atoms with E-state index in [0.29, 0.717) is 6.42 Å². The number of pyridine rings is 1. The molecule has 0 saturated heterocycles. The predicted molar refractivity (Wildman–Crippen MR) is 134 cm³/mol. The predicted octanol–water partition coefficient (Wildman–Crippen LogP) is 5.95. The van der Waals surface area contributed by atoms with Gasteiger partial charge in [0.05, 0.1) is 0 Å². The van der Waals surface area contributed by atoms with Crippen LogP contribution in [0.4, 0.5) is 5.69 Å². The second-order valence-corrected chi connectivity index (χ2v) is 10.3. The Labute approximate surface area is 199 Å². The molecule has 1 aromatic carbocycles. The Hall–Kier alpha value is -2.69. The van der Waals surface area contributed by atoms with Crippen molar-refractivity contribution in [2.24, 2.45) is 5.92 Å². The van der Waals surface area contributed by atoms with Crippen LogP contribution in [0.15, 0.2) is 48.8 Å². The van der Waals surface area contributed by atoms with E-state index in [9.17, 15) is 9.59 Å². The van der Waals surface area contributed by atoms with Crippen LogP contribution in [0.25, 0.3) is 0 Å². The molecule has 1 heterocycles. The lowest BCUT2D eigenvalue weighted by atomic mass is 9.87. The molecule has 0 spiro atoms. The van der Waals surface area contributed by atoms with Gasteiger partial charge >= 0.3 is 0 Å². The van der Waals surface area contributed by atoms with Gasteiger partial charge in [-0.25, -0.2) is 0 Å². The van der Waals surface area contributed by atoms with Gasteiger partial charge in [-0.3, -0.25) is 19.5 Å². The molecular weight excluding hydrogens is 410 g/mol. The summed E-state index contributed by atoms with van der Waals surface area (Å²) in [5.41, 5.74) is 2.65. The van der Waals surface area contributed by atoms with Crippen molar-refractivity contribution in [3.8, 4) is 0 Å². The highest BCUT2D eigenvalue weighted by Gasteiger charge is 2.35. The average Bonchev–Trinajstić information content (AvgIpc) is 2.82. The normalized spacial score (nSPS) is 16.6. The minimum absolute atomic E-state index is 0.00515. The molecule has 0 bridgehead atoms. The van der Waals surface area contributed by atoms with Gasteiger partial charge in [-0.05, 0) is 48.4 Å². The van der Waals surface area contributed by atoms with Crippen LogP contribution in [0, 0.1) is 5.92 Å². The topological polar surface area (TPSA) is 62.3 Å². The summed E-state index contributed by atoms with van der Waals surface area (Å²) >= 11 is 0. The van der Waals surface area contributed by atoms with Gasteiger partial charge in [-0.15, -0.1) is 0 Å². The molecule has 3 rings (SSSR count). The van der Waals surface area contributed by atoms with E-state index in [0.717, 1.165) is 36.9 Å². The third kappa shape index (κ3) is 6.21. The second kappa shape index (κ2) is 11.0. The number of aromatic nitrogens is 1. The zero-order valence-electron chi connectivity index (χ0n) is 20.8. The summed E-state index contributed by atoms with van der Waals surface area (Å²) in [6.45, 7) is 10.4. The second-order valence-electron chi connectivity index (χ2n) is 10.3. The molecule has 0 aliphatic heterocycles. The van der Waals surface area contributed by atoms with Crippen molar-refractivity contribution >= 4 is 17.5 Å². The molecule has 0 radical (unpaired) electrons. The molecule has 2 aromatic rings. The molecule has 5 nitrogen and oxygen atoms in total. The highest BCUT2D eigenvalue weighted by atomic mass is 16.2. The summed E-state index contributed by atoms with van der Waals surface area (Å²) in [6, 6.07) is 11.2. The molecule has 33 heavy (non-hydrogen) atoms. The number of rotatable bonds is 7. The number of amides is 2. The maximum absolute atomic E-state index is 13.7. The summed E-state index contributed by atoms with van der Waals surface area (Å²) in [5.74, 6) is -0.381. The fraction of sp³-hybridized carbons (Fsp3) is 0.536. The zero-order chi connectivity index (χ0) is 24.0. The Kier molecular flexibility index (Phi) is 8.28. The van der Waals surface area contributed by atoms with E-state index < -0.39 is 6.04 Å². The minimum atomic E-state index is -0.761. The number of nitrogens with zero attached hydrogens (tertiary/aromatic N) is 2. The number of carbonyl (C=O) groups excluding carboxylic acids is 2. The third-order valence-electron chi connectivity index (χ3n) is 6.74. The smallest absolute Gasteiger partial charge is 0.248 e. The number of nitrogens with one attached hydrogen (secondary N) is 1. The monoisotopic (exact) mass is 449 g/mol. The van der Waals surface area contributed by atoms with Crippen LogP contribution in [0.2, 0.25) is 0 Å². The van der Waals surface area contributed by atoms with Gasteiger partial charge in [-0.2, -0.15) is 0 Å². The van der Waals surface area contributed by atoms with Crippen LogP contribution in [0.3, 0.4) is 0 Å². The van der Waals surface area contributed by atoms with Crippen LogP contribution < -0.4 is 10.2 Å². The SMILES string of the molecule is CC[C@H](C)C(=O)N(c1ccc(C(C)(C)C)cc1)C(C(=O)NC1CCCCC1)c1cccnc1. The van der Waals surface area contributed by atoms with Gasteiger partial charge in [0.25, 0.3) is 0 Å². The number of hydrogen-bond acceptors (Lipinski definition) is 3. The summed E-state index contributed by atoms with van der Waals surface area (Å²) in [4.78, 5) is 33.4. The number of benzene rings is 1. The Morgan fingerprint density at radius 1 is 1.09 bits per heavy atom. The minimum Gasteiger partial charge on any atom is -0.351 e. The van der Waals surface area contributed by atoms with Gasteiger partial charge < -0.3 is 5.32 Å². The molecule has 1 aliphatic carbocycles. The zero-order valence-corrected chi connectivity index (χ0v) is 20.8. The molecule has 1 unspecified atom stereocenters. The Balaban J connectivity index is 2.04. The Bertz CT molecular complexity index is 912. The number of hydrogen-bond donors (Lipinski definition) is 1. The maximum atomic E-state index is 13.7. The van der Waals surface area contributed by atoms with Gasteiger partial charge in [0.2, 0.25) is 11.8 Å². The van der Waals surface area contributed by atoms with E-state index in [1.165, 1.54) is 12.0 Å². The average molecular weight is 450 g/mol. The van der Waals surface area contributed by atoms with Gasteiger partial charge in [-0.1, -0.05) is 72.1 Å². The highest BCUT2D eigenvalue weighted by molar-refractivity contribution is 6.02. The molecule has 1 aromatic heterocycles. The third-order valence-corrected chi connectivity index (χ3v) is 6.74. The first-order valence-electron chi connectivity index (χ1n) is 12.4. The molecule has 178 valence electrons. The maximum Gasteiger partial charge on any atom is 0.248 e. The lowest BCUT2D eigenvalue weighted by molar-refractivity contribution is -0.128. The van der Waals surface area contributed by atoms with Gasteiger partial charge in [0, 0.05) is 35.6 Å². The van der Waals surface area contributed by atoms with E-state index in [1.54, 1.807) is 17.3 Å². The molecule has 1 aliphatic rings. The molecule has 1 saturated carbocycles. The number of anilines is 1. The molecule has 1 N–H and O–H groups in total. The lowest BCUT2D eigenvalue weighted by Gasteiger charge is -2.35. The number of carbonyl (C=O) groups is 2. The summed E-state index contributed by atoms with van der Waals surface area (Å²) in [5, 5.41) is 3.25. The molecular formula is C28H39N3O2.